The average Bonchev–Trinajstić information content (AvgIpc) is 3.09. The van der Waals surface area contributed by atoms with Crippen LogP contribution >= 0.6 is 11.3 Å². The molecule has 2 aromatic rings. The van der Waals surface area contributed by atoms with Crippen LogP contribution in [0.2, 0.25) is 0 Å². The van der Waals surface area contributed by atoms with E-state index in [1.165, 1.54) is 36.6 Å². The van der Waals surface area contributed by atoms with Crippen LogP contribution in [0.25, 0.3) is 0 Å². The minimum atomic E-state index is -3.83. The maximum atomic E-state index is 12.6. The number of methoxy groups -OCH3 is 1. The molecule has 1 heterocycles. The molecule has 0 bridgehead atoms. The number of hydrogen-bond donors (Lipinski definition) is 2. The fourth-order valence-electron chi connectivity index (χ4n) is 2.66. The van der Waals surface area contributed by atoms with Crippen molar-refractivity contribution in [1.82, 2.24) is 14.9 Å². The molecule has 0 unspecified atom stereocenters. The number of anilines is 1. The van der Waals surface area contributed by atoms with Crippen molar-refractivity contribution in [2.24, 2.45) is 0 Å². The molecule has 0 saturated heterocycles. The largest absolute Gasteiger partial charge is 0.495 e. The van der Waals surface area contributed by atoms with Gasteiger partial charge in [0.05, 0.1) is 7.11 Å². The summed E-state index contributed by atoms with van der Waals surface area (Å²) >= 11 is 1.33. The SMILES string of the molecule is CCC(CC)c1nnc(NC(=O)c2ccc(OC)c(S(=O)(=O)NC(C)C)c2)s1. The molecule has 0 aliphatic rings. The lowest BCUT2D eigenvalue weighted by Crippen LogP contribution is -2.30. The predicted octanol–water partition coefficient (Wildman–Crippen LogP) is 3.39. The molecule has 0 fully saturated rings. The predicted molar refractivity (Wildman–Crippen MR) is 110 cm³/mol. The van der Waals surface area contributed by atoms with Gasteiger partial charge in [0.25, 0.3) is 5.91 Å². The standard InChI is InChI=1S/C18H26N4O4S2/c1-6-12(7-2)17-20-21-18(27-17)19-16(23)13-8-9-14(26-5)15(10-13)28(24,25)22-11(3)4/h8-12,22H,6-7H2,1-5H3,(H,19,21,23). The summed E-state index contributed by atoms with van der Waals surface area (Å²) < 4.78 is 32.8. The Morgan fingerprint density at radius 1 is 1.21 bits per heavy atom. The van der Waals surface area contributed by atoms with E-state index in [-0.39, 0.29) is 22.3 Å². The minimum Gasteiger partial charge on any atom is -0.495 e. The highest BCUT2D eigenvalue weighted by Crippen LogP contribution is 2.29. The lowest BCUT2D eigenvalue weighted by Gasteiger charge is -2.14. The number of aromatic nitrogens is 2. The molecule has 28 heavy (non-hydrogen) atoms. The quantitative estimate of drug-likeness (QED) is 0.636. The van der Waals surface area contributed by atoms with Crippen molar-refractivity contribution in [3.8, 4) is 5.75 Å². The van der Waals surface area contributed by atoms with Crippen molar-refractivity contribution in [2.45, 2.75) is 57.4 Å². The van der Waals surface area contributed by atoms with Crippen LogP contribution in [0.5, 0.6) is 5.75 Å². The van der Waals surface area contributed by atoms with Gasteiger partial charge in [-0.1, -0.05) is 25.2 Å². The Bertz CT molecular complexity index is 921. The molecule has 1 amide bonds. The number of ether oxygens (including phenoxy) is 1. The molecule has 0 saturated carbocycles. The lowest BCUT2D eigenvalue weighted by atomic mass is 10.1. The van der Waals surface area contributed by atoms with Gasteiger partial charge in [0.15, 0.2) is 0 Å². The van der Waals surface area contributed by atoms with E-state index in [4.69, 9.17) is 4.74 Å². The van der Waals surface area contributed by atoms with Crippen LogP contribution in [-0.2, 0) is 10.0 Å². The molecular weight excluding hydrogens is 400 g/mol. The summed E-state index contributed by atoms with van der Waals surface area (Å²) in [5.74, 6) is 0.00974. The third-order valence-corrected chi connectivity index (χ3v) is 6.78. The van der Waals surface area contributed by atoms with E-state index in [1.807, 2.05) is 0 Å². The van der Waals surface area contributed by atoms with Gasteiger partial charge in [-0.2, -0.15) is 0 Å². The first kappa shape index (κ1) is 22.3. The van der Waals surface area contributed by atoms with Crippen LogP contribution in [0, 0.1) is 0 Å². The molecule has 10 heteroatoms. The molecule has 154 valence electrons. The Kier molecular flexibility index (Phi) is 7.50. The molecule has 0 spiro atoms. The summed E-state index contributed by atoms with van der Waals surface area (Å²) in [6, 6.07) is 3.96. The topological polar surface area (TPSA) is 110 Å². The van der Waals surface area contributed by atoms with Crippen molar-refractivity contribution >= 4 is 32.4 Å². The van der Waals surface area contributed by atoms with Crippen LogP contribution in [-0.4, -0.2) is 37.7 Å². The van der Waals surface area contributed by atoms with Crippen LogP contribution < -0.4 is 14.8 Å². The number of sulfonamides is 1. The first-order valence-electron chi connectivity index (χ1n) is 9.06. The number of nitrogens with zero attached hydrogens (tertiary/aromatic N) is 2. The minimum absolute atomic E-state index is 0.0914. The van der Waals surface area contributed by atoms with Gasteiger partial charge in [0, 0.05) is 17.5 Å². The van der Waals surface area contributed by atoms with Gasteiger partial charge >= 0.3 is 0 Å². The highest BCUT2D eigenvalue weighted by atomic mass is 32.2. The first-order valence-corrected chi connectivity index (χ1v) is 11.4. The van der Waals surface area contributed by atoms with Gasteiger partial charge in [-0.25, -0.2) is 13.1 Å². The summed E-state index contributed by atoms with van der Waals surface area (Å²) in [6.07, 6.45) is 1.89. The number of hydrogen-bond acceptors (Lipinski definition) is 7. The summed E-state index contributed by atoms with van der Waals surface area (Å²) in [5, 5.41) is 12.1. The zero-order valence-electron chi connectivity index (χ0n) is 16.6. The number of nitrogens with one attached hydrogen (secondary N) is 2. The van der Waals surface area contributed by atoms with E-state index in [0.29, 0.717) is 11.0 Å². The van der Waals surface area contributed by atoms with Crippen LogP contribution in [0.4, 0.5) is 5.13 Å². The van der Waals surface area contributed by atoms with E-state index in [0.717, 1.165) is 17.8 Å². The Hall–Kier alpha value is -2.04. The molecule has 0 radical (unpaired) electrons. The third kappa shape index (κ3) is 5.27. The van der Waals surface area contributed by atoms with Crippen molar-refractivity contribution in [2.75, 3.05) is 12.4 Å². The van der Waals surface area contributed by atoms with Gasteiger partial charge in [-0.3, -0.25) is 10.1 Å². The molecule has 0 atom stereocenters. The second-order valence-electron chi connectivity index (χ2n) is 6.55. The number of rotatable bonds is 9. The molecular formula is C18H26N4O4S2. The number of amides is 1. The maximum absolute atomic E-state index is 12.6. The summed E-state index contributed by atoms with van der Waals surface area (Å²) in [4.78, 5) is 12.5. The van der Waals surface area contributed by atoms with Gasteiger partial charge in [-0.05, 0) is 44.9 Å². The van der Waals surface area contributed by atoms with Crippen molar-refractivity contribution < 1.29 is 17.9 Å². The summed E-state index contributed by atoms with van der Waals surface area (Å²) in [7, 11) is -2.45. The second-order valence-corrected chi connectivity index (χ2v) is 9.25. The zero-order valence-corrected chi connectivity index (χ0v) is 18.3. The molecule has 8 nitrogen and oxygen atoms in total. The fourth-order valence-corrected chi connectivity index (χ4v) is 5.11. The van der Waals surface area contributed by atoms with Crippen LogP contribution in [0.1, 0.15) is 61.8 Å². The number of benzene rings is 1. The van der Waals surface area contributed by atoms with Gasteiger partial charge in [0.2, 0.25) is 15.2 Å². The first-order chi connectivity index (χ1) is 13.2. The Balaban J connectivity index is 2.28. The van der Waals surface area contributed by atoms with Crippen molar-refractivity contribution in [1.29, 1.82) is 0 Å². The van der Waals surface area contributed by atoms with E-state index in [2.05, 4.69) is 34.1 Å². The Morgan fingerprint density at radius 2 is 1.89 bits per heavy atom. The number of carbonyl (C=O) groups is 1. The van der Waals surface area contributed by atoms with Gasteiger partial charge in [0.1, 0.15) is 15.7 Å². The summed E-state index contributed by atoms with van der Waals surface area (Å²) in [6.45, 7) is 7.59. The van der Waals surface area contributed by atoms with E-state index >= 15 is 0 Å². The smallest absolute Gasteiger partial charge is 0.257 e. The normalized spacial score (nSPS) is 11.8. The van der Waals surface area contributed by atoms with Gasteiger partial charge in [-0.15, -0.1) is 10.2 Å². The maximum Gasteiger partial charge on any atom is 0.257 e. The van der Waals surface area contributed by atoms with E-state index in [9.17, 15) is 13.2 Å². The molecule has 0 aliphatic carbocycles. The number of carbonyl (C=O) groups excluding carboxylic acids is 1. The molecule has 2 N–H and O–H groups in total. The lowest BCUT2D eigenvalue weighted by molar-refractivity contribution is 0.102. The summed E-state index contributed by atoms with van der Waals surface area (Å²) in [5.41, 5.74) is 0.184. The van der Waals surface area contributed by atoms with Crippen LogP contribution in [0.15, 0.2) is 23.1 Å². The zero-order chi connectivity index (χ0) is 20.9. The Morgan fingerprint density at radius 3 is 2.46 bits per heavy atom. The second kappa shape index (κ2) is 9.44. The molecule has 0 aliphatic heterocycles. The molecule has 1 aromatic heterocycles. The van der Waals surface area contributed by atoms with E-state index in [1.54, 1.807) is 13.8 Å². The molecule has 1 aromatic carbocycles. The van der Waals surface area contributed by atoms with Crippen molar-refractivity contribution in [3.05, 3.63) is 28.8 Å². The highest BCUT2D eigenvalue weighted by Gasteiger charge is 2.23. The van der Waals surface area contributed by atoms with E-state index < -0.39 is 15.9 Å². The monoisotopic (exact) mass is 426 g/mol. The van der Waals surface area contributed by atoms with Gasteiger partial charge < -0.3 is 4.74 Å². The average molecular weight is 427 g/mol. The van der Waals surface area contributed by atoms with Crippen LogP contribution in [0.3, 0.4) is 0 Å². The molecule has 2 rings (SSSR count). The Labute approximate surface area is 169 Å². The fraction of sp³-hybridized carbons (Fsp3) is 0.500. The highest BCUT2D eigenvalue weighted by molar-refractivity contribution is 7.89. The third-order valence-electron chi connectivity index (χ3n) is 4.10. The van der Waals surface area contributed by atoms with Crippen molar-refractivity contribution in [3.63, 3.8) is 0 Å².